The van der Waals surface area contributed by atoms with Crippen LogP contribution in [0.3, 0.4) is 0 Å². The number of rotatable bonds is 5. The summed E-state index contributed by atoms with van der Waals surface area (Å²) in [6.45, 7) is 3.88. The van der Waals surface area contributed by atoms with E-state index in [0.29, 0.717) is 29.9 Å². The largest absolute Gasteiger partial charge is 0.351 e. The van der Waals surface area contributed by atoms with E-state index < -0.39 is 11.6 Å². The summed E-state index contributed by atoms with van der Waals surface area (Å²) in [6, 6.07) is 3.29. The van der Waals surface area contributed by atoms with Crippen LogP contribution in [0.1, 0.15) is 50.2 Å². The van der Waals surface area contributed by atoms with Gasteiger partial charge in [0.15, 0.2) is 5.82 Å². The second kappa shape index (κ2) is 8.02. The molecule has 1 amide bonds. The zero-order chi connectivity index (χ0) is 20.5. The first-order valence-corrected chi connectivity index (χ1v) is 10.5. The van der Waals surface area contributed by atoms with Gasteiger partial charge in [-0.1, -0.05) is 0 Å². The maximum absolute atomic E-state index is 14.1. The Morgan fingerprint density at radius 1 is 1.24 bits per heavy atom. The highest BCUT2D eigenvalue weighted by atomic mass is 32.1. The van der Waals surface area contributed by atoms with Gasteiger partial charge in [0.25, 0.3) is 5.91 Å². The third kappa shape index (κ3) is 3.94. The summed E-state index contributed by atoms with van der Waals surface area (Å²) in [5.41, 5.74) is 2.74. The van der Waals surface area contributed by atoms with E-state index in [9.17, 15) is 13.6 Å². The van der Waals surface area contributed by atoms with Gasteiger partial charge in [-0.2, -0.15) is 5.10 Å². The summed E-state index contributed by atoms with van der Waals surface area (Å²) in [4.78, 5) is 18.8. The number of nitrogens with one attached hydrogen (secondary N) is 1. The van der Waals surface area contributed by atoms with Crippen molar-refractivity contribution in [2.24, 2.45) is 0 Å². The zero-order valence-corrected chi connectivity index (χ0v) is 17.2. The first-order chi connectivity index (χ1) is 13.9. The van der Waals surface area contributed by atoms with Crippen molar-refractivity contribution in [2.45, 2.75) is 46.0 Å². The Morgan fingerprint density at radius 3 is 2.79 bits per heavy atom. The van der Waals surface area contributed by atoms with Crippen molar-refractivity contribution in [3.63, 3.8) is 0 Å². The number of nitrogens with zero attached hydrogens (tertiary/aromatic N) is 3. The summed E-state index contributed by atoms with van der Waals surface area (Å²) in [5.74, 6) is -1.64. The molecule has 1 aliphatic carbocycles. The van der Waals surface area contributed by atoms with Gasteiger partial charge in [-0.25, -0.2) is 18.4 Å². The van der Waals surface area contributed by atoms with E-state index in [1.807, 2.05) is 0 Å². The highest BCUT2D eigenvalue weighted by molar-refractivity contribution is 7.11. The van der Waals surface area contributed by atoms with E-state index in [1.165, 1.54) is 40.2 Å². The molecule has 0 spiro atoms. The van der Waals surface area contributed by atoms with Gasteiger partial charge in [0.1, 0.15) is 11.5 Å². The Hall–Kier alpha value is -2.61. The lowest BCUT2D eigenvalue weighted by atomic mass is 10.0. The van der Waals surface area contributed by atoms with Gasteiger partial charge in [0, 0.05) is 23.9 Å². The predicted molar refractivity (Wildman–Crippen MR) is 108 cm³/mol. The minimum absolute atomic E-state index is 0.111. The Labute approximate surface area is 171 Å². The van der Waals surface area contributed by atoms with Crippen LogP contribution in [-0.4, -0.2) is 27.2 Å². The fourth-order valence-corrected chi connectivity index (χ4v) is 4.90. The van der Waals surface area contributed by atoms with E-state index in [1.54, 1.807) is 25.2 Å². The number of halogens is 2. The van der Waals surface area contributed by atoms with Crippen molar-refractivity contribution in [1.29, 1.82) is 0 Å². The average Bonchev–Trinajstić information content (AvgIpc) is 3.21. The van der Waals surface area contributed by atoms with Crippen LogP contribution >= 0.6 is 11.3 Å². The molecule has 8 heteroatoms. The van der Waals surface area contributed by atoms with E-state index in [-0.39, 0.29) is 11.6 Å². The summed E-state index contributed by atoms with van der Waals surface area (Å²) >= 11 is 1.74. The van der Waals surface area contributed by atoms with Crippen molar-refractivity contribution in [3.8, 4) is 5.69 Å². The molecular weight excluding hydrogens is 394 g/mol. The lowest BCUT2D eigenvalue weighted by molar-refractivity contribution is 0.0953. The van der Waals surface area contributed by atoms with Gasteiger partial charge >= 0.3 is 0 Å². The molecule has 29 heavy (non-hydrogen) atoms. The highest BCUT2D eigenvalue weighted by Crippen LogP contribution is 2.27. The molecule has 152 valence electrons. The number of fused-ring (bicyclic) bond motifs is 1. The molecule has 1 N–H and O–H groups in total. The lowest BCUT2D eigenvalue weighted by Gasteiger charge is -2.07. The number of thiazole rings is 1. The minimum atomic E-state index is -0.727. The smallest absolute Gasteiger partial charge is 0.255 e. The fraction of sp³-hybridized carbons (Fsp3) is 0.381. The Kier molecular flexibility index (Phi) is 5.45. The Balaban J connectivity index is 1.46. The van der Waals surface area contributed by atoms with Crippen LogP contribution in [0.15, 0.2) is 18.2 Å². The maximum Gasteiger partial charge on any atom is 0.255 e. The monoisotopic (exact) mass is 416 g/mol. The SMILES string of the molecule is Cc1nn(-c2ccc(F)cc2F)c(C)c1C(=O)NCCc1nc2c(s1)CCCC2. The Morgan fingerprint density at radius 2 is 2.03 bits per heavy atom. The van der Waals surface area contributed by atoms with Crippen molar-refractivity contribution >= 4 is 17.2 Å². The first-order valence-electron chi connectivity index (χ1n) is 9.71. The number of carbonyl (C=O) groups excluding carboxylic acids is 1. The van der Waals surface area contributed by atoms with Crippen LogP contribution in [0.5, 0.6) is 0 Å². The predicted octanol–water partition coefficient (Wildman–Crippen LogP) is 4.08. The van der Waals surface area contributed by atoms with Crippen molar-refractivity contribution in [3.05, 3.63) is 62.4 Å². The van der Waals surface area contributed by atoms with Gasteiger partial charge in [0.2, 0.25) is 0 Å². The molecule has 2 heterocycles. The molecule has 0 atom stereocenters. The minimum Gasteiger partial charge on any atom is -0.351 e. The summed E-state index contributed by atoms with van der Waals surface area (Å²) in [6.07, 6.45) is 5.27. The van der Waals surface area contributed by atoms with Gasteiger partial charge in [-0.05, 0) is 51.7 Å². The van der Waals surface area contributed by atoms with Gasteiger partial charge in [-0.15, -0.1) is 11.3 Å². The number of hydrogen-bond acceptors (Lipinski definition) is 4. The van der Waals surface area contributed by atoms with Crippen LogP contribution in [0.2, 0.25) is 0 Å². The van der Waals surface area contributed by atoms with Crippen LogP contribution < -0.4 is 5.32 Å². The number of benzene rings is 1. The van der Waals surface area contributed by atoms with Crippen molar-refractivity contribution in [2.75, 3.05) is 6.54 Å². The summed E-state index contributed by atoms with van der Waals surface area (Å²) in [7, 11) is 0. The fourth-order valence-electron chi connectivity index (χ4n) is 3.74. The number of aromatic nitrogens is 3. The van der Waals surface area contributed by atoms with E-state index in [4.69, 9.17) is 4.98 Å². The number of hydrogen-bond donors (Lipinski definition) is 1. The van der Waals surface area contributed by atoms with Gasteiger partial charge in [-0.3, -0.25) is 4.79 Å². The van der Waals surface area contributed by atoms with Crippen LogP contribution in [-0.2, 0) is 19.3 Å². The lowest BCUT2D eigenvalue weighted by Crippen LogP contribution is -2.26. The average molecular weight is 416 g/mol. The second-order valence-electron chi connectivity index (χ2n) is 7.24. The van der Waals surface area contributed by atoms with Crippen molar-refractivity contribution < 1.29 is 13.6 Å². The summed E-state index contributed by atoms with van der Waals surface area (Å²) in [5, 5.41) is 8.25. The molecule has 0 radical (unpaired) electrons. The molecule has 0 saturated carbocycles. The molecule has 2 aromatic heterocycles. The third-order valence-electron chi connectivity index (χ3n) is 5.17. The second-order valence-corrected chi connectivity index (χ2v) is 8.41. The zero-order valence-electron chi connectivity index (χ0n) is 16.4. The van der Waals surface area contributed by atoms with E-state index in [0.717, 1.165) is 23.9 Å². The molecule has 0 fully saturated rings. The molecule has 4 rings (SSSR count). The molecule has 1 aliphatic rings. The molecule has 0 unspecified atom stereocenters. The first kappa shape index (κ1) is 19.7. The number of amides is 1. The molecule has 3 aromatic rings. The topological polar surface area (TPSA) is 59.8 Å². The number of aryl methyl sites for hydroxylation is 3. The third-order valence-corrected chi connectivity index (χ3v) is 6.39. The molecular formula is C21H22F2N4OS. The van der Waals surface area contributed by atoms with E-state index >= 15 is 0 Å². The van der Waals surface area contributed by atoms with Crippen LogP contribution in [0.25, 0.3) is 5.69 Å². The quantitative estimate of drug-likeness (QED) is 0.682. The van der Waals surface area contributed by atoms with Crippen LogP contribution in [0.4, 0.5) is 8.78 Å². The highest BCUT2D eigenvalue weighted by Gasteiger charge is 2.21. The molecule has 0 bridgehead atoms. The molecule has 0 aliphatic heterocycles. The van der Waals surface area contributed by atoms with E-state index in [2.05, 4.69) is 10.4 Å². The maximum atomic E-state index is 14.1. The van der Waals surface area contributed by atoms with Gasteiger partial charge in [0.05, 0.1) is 27.7 Å². The van der Waals surface area contributed by atoms with Crippen LogP contribution in [0, 0.1) is 25.5 Å². The molecule has 5 nitrogen and oxygen atoms in total. The normalized spacial score (nSPS) is 13.4. The van der Waals surface area contributed by atoms with Crippen molar-refractivity contribution in [1.82, 2.24) is 20.1 Å². The number of carbonyl (C=O) groups is 1. The standard InChI is InChI=1S/C21H22F2N4OS/c1-12-20(13(2)27(26-12)17-8-7-14(22)11-15(17)23)21(28)24-10-9-19-25-16-5-3-4-6-18(16)29-19/h7-8,11H,3-6,9-10H2,1-2H3,(H,24,28). The molecule has 1 aromatic carbocycles. The van der Waals surface area contributed by atoms with Gasteiger partial charge < -0.3 is 5.32 Å². The molecule has 0 saturated heterocycles. The Bertz CT molecular complexity index is 1050. The summed E-state index contributed by atoms with van der Waals surface area (Å²) < 4.78 is 28.7.